The van der Waals surface area contributed by atoms with Gasteiger partial charge in [0.25, 0.3) is 0 Å². The number of carbonyl (C=O) groups excluding carboxylic acids is 1. The van der Waals surface area contributed by atoms with Crippen molar-refractivity contribution in [2.24, 2.45) is 0 Å². The molecule has 84 valence electrons. The standard InChI is InChI=1S/C10H20O4/c1-5-10(11)14-9(3)7-13-8(2)6-12-4/h8-9H,5-7H2,1-4H3. The van der Waals surface area contributed by atoms with E-state index in [4.69, 9.17) is 14.2 Å². The third-order valence-electron chi connectivity index (χ3n) is 1.64. The molecule has 2 atom stereocenters. The molecular formula is C10H20O4. The number of carbonyl (C=O) groups is 1. The fourth-order valence-corrected chi connectivity index (χ4v) is 0.924. The molecule has 0 bridgehead atoms. The molecule has 0 aromatic heterocycles. The molecule has 0 N–H and O–H groups in total. The van der Waals surface area contributed by atoms with Crippen molar-refractivity contribution in [2.75, 3.05) is 20.3 Å². The molecule has 0 aliphatic carbocycles. The summed E-state index contributed by atoms with van der Waals surface area (Å²) in [6.45, 7) is 6.46. The van der Waals surface area contributed by atoms with Crippen LogP contribution in [0.4, 0.5) is 0 Å². The van der Waals surface area contributed by atoms with Gasteiger partial charge in [0.15, 0.2) is 0 Å². The fourth-order valence-electron chi connectivity index (χ4n) is 0.924. The zero-order valence-electron chi connectivity index (χ0n) is 9.41. The molecule has 2 unspecified atom stereocenters. The lowest BCUT2D eigenvalue weighted by molar-refractivity contribution is -0.152. The van der Waals surface area contributed by atoms with Crippen LogP contribution in [-0.2, 0) is 19.0 Å². The predicted molar refractivity (Wildman–Crippen MR) is 53.1 cm³/mol. The van der Waals surface area contributed by atoms with Crippen LogP contribution in [0, 0.1) is 0 Å². The van der Waals surface area contributed by atoms with Crippen molar-refractivity contribution < 1.29 is 19.0 Å². The van der Waals surface area contributed by atoms with Crippen molar-refractivity contribution in [3.05, 3.63) is 0 Å². The van der Waals surface area contributed by atoms with E-state index in [9.17, 15) is 4.79 Å². The number of rotatable bonds is 7. The summed E-state index contributed by atoms with van der Waals surface area (Å²) in [6.07, 6.45) is 0.238. The second-order valence-corrected chi connectivity index (χ2v) is 3.25. The Kier molecular flexibility index (Phi) is 7.42. The molecule has 0 saturated heterocycles. The van der Waals surface area contributed by atoms with Crippen LogP contribution in [0.1, 0.15) is 27.2 Å². The van der Waals surface area contributed by atoms with E-state index in [0.717, 1.165) is 0 Å². The van der Waals surface area contributed by atoms with Crippen LogP contribution >= 0.6 is 0 Å². The molecular weight excluding hydrogens is 184 g/mol. The highest BCUT2D eigenvalue weighted by Crippen LogP contribution is 1.98. The van der Waals surface area contributed by atoms with Gasteiger partial charge in [0.1, 0.15) is 6.10 Å². The van der Waals surface area contributed by atoms with Crippen LogP contribution in [0.15, 0.2) is 0 Å². The van der Waals surface area contributed by atoms with Crippen molar-refractivity contribution in [1.82, 2.24) is 0 Å². The fraction of sp³-hybridized carbons (Fsp3) is 0.900. The third kappa shape index (κ3) is 6.86. The van der Waals surface area contributed by atoms with Crippen LogP contribution in [-0.4, -0.2) is 38.5 Å². The molecule has 0 saturated carbocycles. The van der Waals surface area contributed by atoms with Crippen molar-refractivity contribution in [1.29, 1.82) is 0 Å². The molecule has 0 amide bonds. The van der Waals surface area contributed by atoms with E-state index >= 15 is 0 Å². The van der Waals surface area contributed by atoms with Crippen molar-refractivity contribution in [3.63, 3.8) is 0 Å². The molecule has 0 aromatic rings. The molecule has 14 heavy (non-hydrogen) atoms. The summed E-state index contributed by atoms with van der Waals surface area (Å²) in [5, 5.41) is 0. The molecule has 0 rings (SSSR count). The maximum atomic E-state index is 10.9. The molecule has 0 spiro atoms. The first-order valence-corrected chi connectivity index (χ1v) is 4.90. The smallest absolute Gasteiger partial charge is 0.305 e. The zero-order chi connectivity index (χ0) is 11.0. The first-order chi connectivity index (χ1) is 6.60. The lowest BCUT2D eigenvalue weighted by atomic mass is 10.4. The summed E-state index contributed by atoms with van der Waals surface area (Å²) in [7, 11) is 1.63. The van der Waals surface area contributed by atoms with Gasteiger partial charge in [-0.25, -0.2) is 0 Å². The Morgan fingerprint density at radius 3 is 2.36 bits per heavy atom. The van der Waals surface area contributed by atoms with E-state index in [1.165, 1.54) is 0 Å². The average Bonchev–Trinajstić information content (AvgIpc) is 2.15. The first-order valence-electron chi connectivity index (χ1n) is 4.90. The largest absolute Gasteiger partial charge is 0.460 e. The van der Waals surface area contributed by atoms with Gasteiger partial charge < -0.3 is 14.2 Å². The van der Waals surface area contributed by atoms with Crippen molar-refractivity contribution >= 4 is 5.97 Å². The van der Waals surface area contributed by atoms with Gasteiger partial charge in [0.2, 0.25) is 0 Å². The Labute approximate surface area is 85.5 Å². The van der Waals surface area contributed by atoms with Gasteiger partial charge in [-0.3, -0.25) is 4.79 Å². The Morgan fingerprint density at radius 1 is 1.21 bits per heavy atom. The lowest BCUT2D eigenvalue weighted by Gasteiger charge is -2.16. The summed E-state index contributed by atoms with van der Waals surface area (Å²) < 4.78 is 15.3. The monoisotopic (exact) mass is 204 g/mol. The third-order valence-corrected chi connectivity index (χ3v) is 1.64. The Hall–Kier alpha value is -0.610. The minimum absolute atomic E-state index is 0.0304. The number of esters is 1. The van der Waals surface area contributed by atoms with Crippen molar-refractivity contribution in [3.8, 4) is 0 Å². The number of hydrogen-bond donors (Lipinski definition) is 0. The van der Waals surface area contributed by atoms with Crippen LogP contribution in [0.25, 0.3) is 0 Å². The van der Waals surface area contributed by atoms with E-state index in [0.29, 0.717) is 19.6 Å². The minimum atomic E-state index is -0.194. The lowest BCUT2D eigenvalue weighted by Crippen LogP contribution is -2.24. The molecule has 0 aliphatic rings. The second kappa shape index (κ2) is 7.76. The summed E-state index contributed by atoms with van der Waals surface area (Å²) >= 11 is 0. The predicted octanol–water partition coefficient (Wildman–Crippen LogP) is 1.38. The van der Waals surface area contributed by atoms with Gasteiger partial charge in [-0.15, -0.1) is 0 Å². The van der Waals surface area contributed by atoms with E-state index in [1.54, 1.807) is 14.0 Å². The number of methoxy groups -OCH3 is 1. The Balaban J connectivity index is 3.52. The number of ether oxygens (including phenoxy) is 3. The maximum Gasteiger partial charge on any atom is 0.305 e. The van der Waals surface area contributed by atoms with Crippen LogP contribution in [0.2, 0.25) is 0 Å². The second-order valence-electron chi connectivity index (χ2n) is 3.25. The molecule has 4 nitrogen and oxygen atoms in total. The molecule has 0 radical (unpaired) electrons. The van der Waals surface area contributed by atoms with E-state index < -0.39 is 0 Å². The summed E-state index contributed by atoms with van der Waals surface area (Å²) in [5.74, 6) is -0.194. The molecule has 0 aromatic carbocycles. The van der Waals surface area contributed by atoms with Crippen LogP contribution in [0.5, 0.6) is 0 Å². The summed E-state index contributed by atoms with van der Waals surface area (Å²) in [5.41, 5.74) is 0. The van der Waals surface area contributed by atoms with Gasteiger partial charge in [0, 0.05) is 13.5 Å². The van der Waals surface area contributed by atoms with Crippen LogP contribution in [0.3, 0.4) is 0 Å². The van der Waals surface area contributed by atoms with Crippen molar-refractivity contribution in [2.45, 2.75) is 39.4 Å². The quantitative estimate of drug-likeness (QED) is 0.588. The highest BCUT2D eigenvalue weighted by Gasteiger charge is 2.09. The van der Waals surface area contributed by atoms with E-state index in [1.807, 2.05) is 13.8 Å². The summed E-state index contributed by atoms with van der Waals surface area (Å²) in [6, 6.07) is 0. The van der Waals surface area contributed by atoms with E-state index in [2.05, 4.69) is 0 Å². The van der Waals surface area contributed by atoms with Gasteiger partial charge in [-0.05, 0) is 13.8 Å². The SMILES string of the molecule is CCC(=O)OC(C)COC(C)COC. The molecule has 0 fully saturated rings. The van der Waals surface area contributed by atoms with Crippen LogP contribution < -0.4 is 0 Å². The Bertz CT molecular complexity index is 158. The highest BCUT2D eigenvalue weighted by molar-refractivity contribution is 5.69. The minimum Gasteiger partial charge on any atom is -0.460 e. The normalized spacial score (nSPS) is 14.9. The molecule has 4 heteroatoms. The molecule has 0 aliphatic heterocycles. The maximum absolute atomic E-state index is 10.9. The first kappa shape index (κ1) is 13.4. The van der Waals surface area contributed by atoms with Gasteiger partial charge in [-0.2, -0.15) is 0 Å². The van der Waals surface area contributed by atoms with Gasteiger partial charge in [0.05, 0.1) is 19.3 Å². The topological polar surface area (TPSA) is 44.8 Å². The zero-order valence-corrected chi connectivity index (χ0v) is 9.41. The van der Waals surface area contributed by atoms with Gasteiger partial charge >= 0.3 is 5.97 Å². The highest BCUT2D eigenvalue weighted by atomic mass is 16.6. The molecule has 0 heterocycles. The van der Waals surface area contributed by atoms with Gasteiger partial charge in [-0.1, -0.05) is 6.92 Å². The summed E-state index contributed by atoms with van der Waals surface area (Å²) in [4.78, 5) is 10.9. The Morgan fingerprint density at radius 2 is 1.86 bits per heavy atom. The average molecular weight is 204 g/mol. The number of hydrogen-bond acceptors (Lipinski definition) is 4. The van der Waals surface area contributed by atoms with E-state index in [-0.39, 0.29) is 18.2 Å².